The highest BCUT2D eigenvalue weighted by atomic mass is 15.3. The van der Waals surface area contributed by atoms with E-state index >= 15 is 0 Å². The van der Waals surface area contributed by atoms with Crippen LogP contribution in [0.15, 0.2) is 12.4 Å². The van der Waals surface area contributed by atoms with Crippen LogP contribution < -0.4 is 5.32 Å². The molecule has 1 aliphatic rings. The van der Waals surface area contributed by atoms with Crippen molar-refractivity contribution >= 4 is 0 Å². The van der Waals surface area contributed by atoms with Crippen LogP contribution in [-0.4, -0.2) is 15.8 Å². The van der Waals surface area contributed by atoms with E-state index in [4.69, 9.17) is 0 Å². The zero-order valence-corrected chi connectivity index (χ0v) is 12.0. The molecule has 1 heterocycles. The Balaban J connectivity index is 1.94. The Hall–Kier alpha value is -0.830. The Kier molecular flexibility index (Phi) is 4.81. The fourth-order valence-electron chi connectivity index (χ4n) is 3.11. The van der Waals surface area contributed by atoms with Gasteiger partial charge in [0.15, 0.2) is 0 Å². The summed E-state index contributed by atoms with van der Waals surface area (Å²) in [6.07, 6.45) is 11.0. The first-order chi connectivity index (χ1) is 8.74. The molecule has 1 N–H and O–H groups in total. The Morgan fingerprint density at radius 1 is 1.39 bits per heavy atom. The van der Waals surface area contributed by atoms with Gasteiger partial charge in [-0.25, -0.2) is 0 Å². The van der Waals surface area contributed by atoms with Crippen LogP contribution in [0.1, 0.15) is 64.5 Å². The van der Waals surface area contributed by atoms with Gasteiger partial charge in [-0.1, -0.05) is 26.2 Å². The Bertz CT molecular complexity index is 358. The lowest BCUT2D eigenvalue weighted by molar-refractivity contribution is 0.240. The summed E-state index contributed by atoms with van der Waals surface area (Å²) in [6.45, 7) is 7.67. The van der Waals surface area contributed by atoms with E-state index in [2.05, 4.69) is 37.4 Å². The van der Waals surface area contributed by atoms with Crippen LogP contribution in [0.2, 0.25) is 0 Å². The fourth-order valence-corrected chi connectivity index (χ4v) is 3.11. The van der Waals surface area contributed by atoms with E-state index in [0.29, 0.717) is 12.1 Å². The number of nitrogens with one attached hydrogen (secondary N) is 1. The predicted molar refractivity (Wildman–Crippen MR) is 75.5 cm³/mol. The molecule has 1 saturated carbocycles. The van der Waals surface area contributed by atoms with Gasteiger partial charge in [0.1, 0.15) is 0 Å². The second-order valence-electron chi connectivity index (χ2n) is 5.58. The third-order valence-corrected chi connectivity index (χ3v) is 4.37. The molecular weight excluding hydrogens is 222 g/mol. The van der Waals surface area contributed by atoms with Gasteiger partial charge in [0.2, 0.25) is 0 Å². The Labute approximate surface area is 111 Å². The normalized spacial score (nSPS) is 26.2. The maximum atomic E-state index is 4.36. The van der Waals surface area contributed by atoms with Gasteiger partial charge in [-0.15, -0.1) is 0 Å². The van der Waals surface area contributed by atoms with E-state index in [9.17, 15) is 0 Å². The van der Waals surface area contributed by atoms with E-state index in [1.807, 2.05) is 10.9 Å². The highest BCUT2D eigenvalue weighted by Crippen LogP contribution is 2.28. The predicted octanol–water partition coefficient (Wildman–Crippen LogP) is 3.52. The van der Waals surface area contributed by atoms with Crippen LogP contribution in [0.4, 0.5) is 0 Å². The highest BCUT2D eigenvalue weighted by Gasteiger charge is 2.25. The molecule has 0 bridgehead atoms. The van der Waals surface area contributed by atoms with E-state index < -0.39 is 0 Å². The first-order valence-corrected chi connectivity index (χ1v) is 7.53. The Morgan fingerprint density at radius 3 is 2.83 bits per heavy atom. The molecule has 0 radical (unpaired) electrons. The third kappa shape index (κ3) is 3.14. The molecule has 1 aliphatic carbocycles. The molecular formula is C15H27N3. The van der Waals surface area contributed by atoms with Crippen molar-refractivity contribution in [2.75, 3.05) is 0 Å². The van der Waals surface area contributed by atoms with Crippen molar-refractivity contribution in [3.05, 3.63) is 18.0 Å². The molecule has 1 aromatic rings. The Morgan fingerprint density at radius 2 is 2.17 bits per heavy atom. The first kappa shape index (κ1) is 13.6. The molecule has 3 atom stereocenters. The maximum absolute atomic E-state index is 4.36. The van der Waals surface area contributed by atoms with Crippen LogP contribution in [0.5, 0.6) is 0 Å². The quantitative estimate of drug-likeness (QED) is 0.865. The maximum Gasteiger partial charge on any atom is 0.0537 e. The highest BCUT2D eigenvalue weighted by molar-refractivity contribution is 5.09. The molecule has 18 heavy (non-hydrogen) atoms. The lowest BCUT2D eigenvalue weighted by Gasteiger charge is -2.33. The summed E-state index contributed by atoms with van der Waals surface area (Å²) in [4.78, 5) is 0. The van der Waals surface area contributed by atoms with Crippen molar-refractivity contribution < 1.29 is 0 Å². The second kappa shape index (κ2) is 6.37. The number of rotatable bonds is 5. The molecule has 0 aliphatic heterocycles. The number of aryl methyl sites for hydroxylation is 1. The molecule has 3 nitrogen and oxygen atoms in total. The van der Waals surface area contributed by atoms with Gasteiger partial charge in [0.05, 0.1) is 6.20 Å². The summed E-state index contributed by atoms with van der Waals surface area (Å²) in [5.41, 5.74) is 1.32. The summed E-state index contributed by atoms with van der Waals surface area (Å²) in [5, 5.41) is 8.18. The van der Waals surface area contributed by atoms with Crippen LogP contribution in [-0.2, 0) is 6.54 Å². The van der Waals surface area contributed by atoms with Gasteiger partial charge < -0.3 is 5.32 Å². The molecule has 1 aromatic heterocycles. The molecule has 1 fully saturated rings. The zero-order chi connectivity index (χ0) is 13.0. The monoisotopic (exact) mass is 249 g/mol. The summed E-state index contributed by atoms with van der Waals surface area (Å²) in [6, 6.07) is 1.12. The van der Waals surface area contributed by atoms with Crippen LogP contribution in [0.25, 0.3) is 0 Å². The van der Waals surface area contributed by atoms with Crippen LogP contribution in [0.3, 0.4) is 0 Å². The molecule has 0 amide bonds. The van der Waals surface area contributed by atoms with Gasteiger partial charge in [0, 0.05) is 30.4 Å². The summed E-state index contributed by atoms with van der Waals surface area (Å²) >= 11 is 0. The van der Waals surface area contributed by atoms with Crippen molar-refractivity contribution in [1.29, 1.82) is 0 Å². The average molecular weight is 249 g/mol. The van der Waals surface area contributed by atoms with Gasteiger partial charge in [-0.3, -0.25) is 4.68 Å². The largest absolute Gasteiger partial charge is 0.307 e. The van der Waals surface area contributed by atoms with Gasteiger partial charge in [0.25, 0.3) is 0 Å². The minimum atomic E-state index is 0.419. The molecule has 102 valence electrons. The van der Waals surface area contributed by atoms with Crippen molar-refractivity contribution in [3.63, 3.8) is 0 Å². The number of aromatic nitrogens is 2. The van der Waals surface area contributed by atoms with Crippen molar-refractivity contribution in [1.82, 2.24) is 15.1 Å². The summed E-state index contributed by atoms with van der Waals surface area (Å²) in [7, 11) is 0. The number of nitrogens with zero attached hydrogens (tertiary/aromatic N) is 2. The minimum Gasteiger partial charge on any atom is -0.307 e. The van der Waals surface area contributed by atoms with Crippen LogP contribution >= 0.6 is 0 Å². The molecule has 2 rings (SSSR count). The lowest BCUT2D eigenvalue weighted by atomic mass is 9.82. The van der Waals surface area contributed by atoms with Crippen LogP contribution in [0, 0.1) is 5.92 Å². The topological polar surface area (TPSA) is 29.9 Å². The standard InChI is InChI=1S/C15H27N3/c1-4-13-8-6-7-9-15(13)17-12(3)14-10-16-18(5-2)11-14/h10-13,15,17H,4-9H2,1-3H3. The minimum absolute atomic E-state index is 0.419. The van der Waals surface area contributed by atoms with Crippen molar-refractivity contribution in [3.8, 4) is 0 Å². The number of hydrogen-bond donors (Lipinski definition) is 1. The third-order valence-electron chi connectivity index (χ3n) is 4.37. The summed E-state index contributed by atoms with van der Waals surface area (Å²) < 4.78 is 2.01. The smallest absolute Gasteiger partial charge is 0.0537 e. The number of hydrogen-bond acceptors (Lipinski definition) is 2. The average Bonchev–Trinajstić information content (AvgIpc) is 2.88. The van der Waals surface area contributed by atoms with E-state index in [-0.39, 0.29) is 0 Å². The fraction of sp³-hybridized carbons (Fsp3) is 0.800. The summed E-state index contributed by atoms with van der Waals surface area (Å²) in [5.74, 6) is 0.863. The molecule has 0 saturated heterocycles. The molecule has 0 spiro atoms. The van der Waals surface area contributed by atoms with Gasteiger partial charge in [-0.05, 0) is 32.6 Å². The lowest BCUT2D eigenvalue weighted by Crippen LogP contribution is -2.39. The van der Waals surface area contributed by atoms with Gasteiger partial charge in [-0.2, -0.15) is 5.10 Å². The SMILES string of the molecule is CCC1CCCCC1NC(C)c1cnn(CC)c1. The zero-order valence-electron chi connectivity index (χ0n) is 12.0. The van der Waals surface area contributed by atoms with Crippen molar-refractivity contribution in [2.24, 2.45) is 5.92 Å². The molecule has 0 aromatic carbocycles. The second-order valence-corrected chi connectivity index (χ2v) is 5.58. The molecule has 3 heteroatoms. The van der Waals surface area contributed by atoms with Gasteiger partial charge >= 0.3 is 0 Å². The molecule has 3 unspecified atom stereocenters. The van der Waals surface area contributed by atoms with E-state index in [1.54, 1.807) is 0 Å². The van der Waals surface area contributed by atoms with E-state index in [1.165, 1.54) is 37.7 Å². The van der Waals surface area contributed by atoms with Crippen molar-refractivity contribution in [2.45, 2.75) is 71.5 Å². The first-order valence-electron chi connectivity index (χ1n) is 7.53. The van der Waals surface area contributed by atoms with E-state index in [0.717, 1.165) is 12.5 Å².